The third-order valence-corrected chi connectivity index (χ3v) is 5.04. The number of rotatable bonds is 5. The predicted molar refractivity (Wildman–Crippen MR) is 102 cm³/mol. The number of nitrogens with one attached hydrogen (secondary N) is 1. The van der Waals surface area contributed by atoms with Crippen molar-refractivity contribution in [3.05, 3.63) is 81.2 Å². The fourth-order valence-corrected chi connectivity index (χ4v) is 3.62. The summed E-state index contributed by atoms with van der Waals surface area (Å²) in [5.74, 6) is 0. The number of hydrogen-bond acceptors (Lipinski definition) is 4. The zero-order chi connectivity index (χ0) is 17.9. The Balaban J connectivity index is 1.53. The van der Waals surface area contributed by atoms with Crippen molar-refractivity contribution in [1.29, 1.82) is 0 Å². The van der Waals surface area contributed by atoms with E-state index in [0.717, 1.165) is 30.4 Å². The first-order chi connectivity index (χ1) is 12.7. The molecule has 134 valence electrons. The van der Waals surface area contributed by atoms with Crippen LogP contribution < -0.4 is 10.9 Å². The first-order valence-corrected chi connectivity index (χ1v) is 9.20. The van der Waals surface area contributed by atoms with E-state index in [-0.39, 0.29) is 11.7 Å². The van der Waals surface area contributed by atoms with E-state index < -0.39 is 0 Å². The van der Waals surface area contributed by atoms with Gasteiger partial charge < -0.3 is 14.5 Å². The van der Waals surface area contributed by atoms with Gasteiger partial charge in [0, 0.05) is 24.5 Å². The SMILES string of the molecule is CCc1ccc2oc(=O)cc(CNCC3OCCc4ccccc43)c2c1. The first kappa shape index (κ1) is 17.0. The molecule has 1 aliphatic heterocycles. The minimum absolute atomic E-state index is 0.0533. The van der Waals surface area contributed by atoms with E-state index in [2.05, 4.69) is 42.6 Å². The van der Waals surface area contributed by atoms with Crippen LogP contribution in [0.1, 0.15) is 35.3 Å². The minimum Gasteiger partial charge on any atom is -0.423 e. The maximum atomic E-state index is 11.9. The van der Waals surface area contributed by atoms with Gasteiger partial charge in [-0.2, -0.15) is 0 Å². The van der Waals surface area contributed by atoms with E-state index in [1.165, 1.54) is 16.7 Å². The second-order valence-corrected chi connectivity index (χ2v) is 6.71. The Hall–Kier alpha value is -2.43. The minimum atomic E-state index is -0.308. The van der Waals surface area contributed by atoms with Crippen LogP contribution >= 0.6 is 0 Å². The molecule has 0 aliphatic carbocycles. The lowest BCUT2D eigenvalue weighted by Crippen LogP contribution is -2.27. The zero-order valence-electron chi connectivity index (χ0n) is 15.0. The van der Waals surface area contributed by atoms with E-state index in [0.29, 0.717) is 18.7 Å². The third kappa shape index (κ3) is 3.43. The molecule has 1 aromatic heterocycles. The van der Waals surface area contributed by atoms with Gasteiger partial charge in [0.15, 0.2) is 0 Å². The van der Waals surface area contributed by atoms with Crippen LogP contribution in [0.3, 0.4) is 0 Å². The molecule has 0 radical (unpaired) electrons. The first-order valence-electron chi connectivity index (χ1n) is 9.20. The molecule has 0 saturated heterocycles. The Morgan fingerprint density at radius 3 is 2.92 bits per heavy atom. The van der Waals surface area contributed by atoms with Crippen molar-refractivity contribution >= 4 is 11.0 Å². The average molecular weight is 349 g/mol. The number of fused-ring (bicyclic) bond motifs is 2. The summed E-state index contributed by atoms with van der Waals surface area (Å²) in [7, 11) is 0. The van der Waals surface area contributed by atoms with Gasteiger partial charge in [0.2, 0.25) is 0 Å². The fourth-order valence-electron chi connectivity index (χ4n) is 3.62. The zero-order valence-corrected chi connectivity index (χ0v) is 15.0. The van der Waals surface area contributed by atoms with Crippen molar-refractivity contribution in [2.24, 2.45) is 0 Å². The molecule has 26 heavy (non-hydrogen) atoms. The van der Waals surface area contributed by atoms with Crippen LogP contribution in [0.4, 0.5) is 0 Å². The van der Waals surface area contributed by atoms with Crippen molar-refractivity contribution in [3.8, 4) is 0 Å². The lowest BCUT2D eigenvalue weighted by Gasteiger charge is -2.26. The van der Waals surface area contributed by atoms with Gasteiger partial charge in [-0.15, -0.1) is 0 Å². The quantitative estimate of drug-likeness (QED) is 0.713. The molecule has 0 saturated carbocycles. The maximum absolute atomic E-state index is 11.9. The molecule has 4 rings (SSSR count). The smallest absolute Gasteiger partial charge is 0.336 e. The highest BCUT2D eigenvalue weighted by Crippen LogP contribution is 2.26. The molecule has 0 spiro atoms. The molecule has 1 N–H and O–H groups in total. The molecule has 0 fully saturated rings. The van der Waals surface area contributed by atoms with Crippen molar-refractivity contribution in [1.82, 2.24) is 5.32 Å². The number of hydrogen-bond donors (Lipinski definition) is 1. The van der Waals surface area contributed by atoms with Gasteiger partial charge >= 0.3 is 5.63 Å². The molecule has 4 nitrogen and oxygen atoms in total. The highest BCUT2D eigenvalue weighted by Gasteiger charge is 2.20. The number of ether oxygens (including phenoxy) is 1. The molecule has 1 aliphatic rings. The topological polar surface area (TPSA) is 51.5 Å². The van der Waals surface area contributed by atoms with Crippen LogP contribution in [0.25, 0.3) is 11.0 Å². The van der Waals surface area contributed by atoms with Gasteiger partial charge in [-0.05, 0) is 47.2 Å². The van der Waals surface area contributed by atoms with E-state index in [1.807, 2.05) is 12.1 Å². The average Bonchev–Trinajstić information content (AvgIpc) is 2.67. The molecule has 0 bridgehead atoms. The fraction of sp³-hybridized carbons (Fsp3) is 0.318. The van der Waals surface area contributed by atoms with E-state index in [4.69, 9.17) is 9.15 Å². The van der Waals surface area contributed by atoms with Crippen LogP contribution in [-0.2, 0) is 24.1 Å². The van der Waals surface area contributed by atoms with Crippen molar-refractivity contribution in [3.63, 3.8) is 0 Å². The second-order valence-electron chi connectivity index (χ2n) is 6.71. The Labute approximate surface area is 152 Å². The van der Waals surface area contributed by atoms with Gasteiger partial charge in [0.1, 0.15) is 5.58 Å². The Morgan fingerprint density at radius 1 is 1.15 bits per heavy atom. The van der Waals surface area contributed by atoms with Crippen LogP contribution in [0.2, 0.25) is 0 Å². The molecular formula is C22H23NO3. The van der Waals surface area contributed by atoms with Gasteiger partial charge in [0.25, 0.3) is 0 Å². The standard InChI is InChI=1S/C22H23NO3/c1-2-15-7-8-20-19(11-15)17(12-22(24)26-20)13-23-14-21-18-6-4-3-5-16(18)9-10-25-21/h3-8,11-12,21,23H,2,9-10,13-14H2,1H3. The summed E-state index contributed by atoms with van der Waals surface area (Å²) in [5, 5.41) is 4.46. The summed E-state index contributed by atoms with van der Waals surface area (Å²) < 4.78 is 11.3. The molecular weight excluding hydrogens is 326 g/mol. The second kappa shape index (κ2) is 7.44. The highest BCUT2D eigenvalue weighted by molar-refractivity contribution is 5.80. The van der Waals surface area contributed by atoms with Crippen LogP contribution in [0.15, 0.2) is 57.7 Å². The van der Waals surface area contributed by atoms with E-state index in [1.54, 1.807) is 6.07 Å². The molecule has 1 atom stereocenters. The summed E-state index contributed by atoms with van der Waals surface area (Å²) in [6, 6.07) is 16.0. The van der Waals surface area contributed by atoms with Crippen molar-refractivity contribution in [2.45, 2.75) is 32.4 Å². The van der Waals surface area contributed by atoms with E-state index in [9.17, 15) is 4.79 Å². The molecule has 1 unspecified atom stereocenters. The molecule has 2 aromatic carbocycles. The van der Waals surface area contributed by atoms with Gasteiger partial charge in [0.05, 0.1) is 12.7 Å². The van der Waals surface area contributed by atoms with Crippen molar-refractivity contribution < 1.29 is 9.15 Å². The van der Waals surface area contributed by atoms with E-state index >= 15 is 0 Å². The Kier molecular flexibility index (Phi) is 4.87. The Morgan fingerprint density at radius 2 is 2.04 bits per heavy atom. The summed E-state index contributed by atoms with van der Waals surface area (Å²) in [4.78, 5) is 11.9. The number of aryl methyl sites for hydroxylation is 1. The van der Waals surface area contributed by atoms with Gasteiger partial charge in [-0.3, -0.25) is 0 Å². The van der Waals surface area contributed by atoms with Crippen molar-refractivity contribution in [2.75, 3.05) is 13.2 Å². The largest absolute Gasteiger partial charge is 0.423 e. The van der Waals surface area contributed by atoms with Gasteiger partial charge in [-0.25, -0.2) is 4.79 Å². The molecule has 4 heteroatoms. The molecule has 3 aromatic rings. The lowest BCUT2D eigenvalue weighted by atomic mass is 9.97. The predicted octanol–water partition coefficient (Wildman–Crippen LogP) is 3.76. The van der Waals surface area contributed by atoms with Crippen LogP contribution in [0, 0.1) is 0 Å². The summed E-state index contributed by atoms with van der Waals surface area (Å²) in [5.41, 5.74) is 5.16. The van der Waals surface area contributed by atoms with Crippen LogP contribution in [0.5, 0.6) is 0 Å². The third-order valence-electron chi connectivity index (χ3n) is 5.04. The highest BCUT2D eigenvalue weighted by atomic mass is 16.5. The summed E-state index contributed by atoms with van der Waals surface area (Å²) in [6.45, 7) is 4.20. The molecule has 0 amide bonds. The Bertz CT molecular complexity index is 977. The summed E-state index contributed by atoms with van der Waals surface area (Å²) in [6.07, 6.45) is 1.98. The van der Waals surface area contributed by atoms with Gasteiger partial charge in [-0.1, -0.05) is 37.3 Å². The maximum Gasteiger partial charge on any atom is 0.336 e. The lowest BCUT2D eigenvalue weighted by molar-refractivity contribution is 0.0423. The normalized spacial score (nSPS) is 16.6. The summed E-state index contributed by atoms with van der Waals surface area (Å²) >= 11 is 0. The molecule has 2 heterocycles. The number of benzene rings is 2. The van der Waals surface area contributed by atoms with Crippen LogP contribution in [-0.4, -0.2) is 13.2 Å². The monoisotopic (exact) mass is 349 g/mol.